The highest BCUT2D eigenvalue weighted by Gasteiger charge is 2.15. The maximum absolute atomic E-state index is 12.8. The number of amides is 1. The molecule has 0 aliphatic carbocycles. The SMILES string of the molecule is CCCCN(/C=C(\CC)C(=O)Nc1ccc(N)cc1)c1ccc(C(C)(C)C)cc1. The summed E-state index contributed by atoms with van der Waals surface area (Å²) in [6, 6.07) is 15.9. The van der Waals surface area contributed by atoms with Gasteiger partial charge >= 0.3 is 0 Å². The first-order valence-corrected chi connectivity index (χ1v) is 10.5. The summed E-state index contributed by atoms with van der Waals surface area (Å²) in [6.45, 7) is 11.7. The monoisotopic (exact) mass is 393 g/mol. The van der Waals surface area contributed by atoms with Crippen LogP contribution >= 0.6 is 0 Å². The Morgan fingerprint density at radius 2 is 1.66 bits per heavy atom. The molecule has 2 aromatic carbocycles. The largest absolute Gasteiger partial charge is 0.399 e. The minimum absolute atomic E-state index is 0.0786. The molecule has 2 aromatic rings. The van der Waals surface area contributed by atoms with Crippen LogP contribution < -0.4 is 16.0 Å². The maximum atomic E-state index is 12.8. The zero-order chi connectivity index (χ0) is 21.4. The number of nitrogen functional groups attached to an aromatic ring is 1. The van der Waals surface area contributed by atoms with Crippen molar-refractivity contribution in [1.29, 1.82) is 0 Å². The second-order valence-corrected chi connectivity index (χ2v) is 8.43. The number of unbranched alkanes of at least 4 members (excludes halogenated alkanes) is 1. The molecule has 0 fully saturated rings. The molecule has 0 aliphatic heterocycles. The van der Waals surface area contributed by atoms with E-state index in [2.05, 4.69) is 62.2 Å². The molecule has 0 atom stereocenters. The molecule has 156 valence electrons. The van der Waals surface area contributed by atoms with Crippen molar-refractivity contribution < 1.29 is 4.79 Å². The molecule has 1 amide bonds. The van der Waals surface area contributed by atoms with Crippen molar-refractivity contribution >= 4 is 23.0 Å². The summed E-state index contributed by atoms with van der Waals surface area (Å²) in [5.74, 6) is -0.0786. The number of benzene rings is 2. The Labute approximate surface area is 175 Å². The van der Waals surface area contributed by atoms with Crippen LogP contribution in [0.2, 0.25) is 0 Å². The van der Waals surface area contributed by atoms with Crippen molar-refractivity contribution in [3.8, 4) is 0 Å². The molecule has 0 saturated heterocycles. The summed E-state index contributed by atoms with van der Waals surface area (Å²) in [7, 11) is 0. The van der Waals surface area contributed by atoms with Gasteiger partial charge in [0.05, 0.1) is 0 Å². The normalized spacial score (nSPS) is 12.0. The van der Waals surface area contributed by atoms with Crippen LogP contribution in [0.15, 0.2) is 60.3 Å². The van der Waals surface area contributed by atoms with E-state index < -0.39 is 0 Å². The van der Waals surface area contributed by atoms with Crippen LogP contribution in [-0.4, -0.2) is 12.5 Å². The van der Waals surface area contributed by atoms with Gasteiger partial charge in [-0.15, -0.1) is 0 Å². The second kappa shape index (κ2) is 10.1. The standard InChI is InChI=1S/C25H35N3O/c1-6-8-17-28(23-15-9-20(10-16-23)25(3,4)5)18-19(7-2)24(29)27-22-13-11-21(26)12-14-22/h9-16,18H,6-8,17,26H2,1-5H3,(H,27,29)/b19-18+. The first-order chi connectivity index (χ1) is 13.7. The van der Waals surface area contributed by atoms with E-state index in [1.54, 1.807) is 12.1 Å². The van der Waals surface area contributed by atoms with E-state index in [1.165, 1.54) is 5.56 Å². The van der Waals surface area contributed by atoms with Crippen LogP contribution in [0.1, 0.15) is 59.4 Å². The zero-order valence-corrected chi connectivity index (χ0v) is 18.5. The molecule has 0 radical (unpaired) electrons. The van der Waals surface area contributed by atoms with Gasteiger partial charge in [0.15, 0.2) is 0 Å². The van der Waals surface area contributed by atoms with Crippen LogP contribution in [0, 0.1) is 0 Å². The minimum Gasteiger partial charge on any atom is -0.399 e. The van der Waals surface area contributed by atoms with Crippen molar-refractivity contribution in [3.63, 3.8) is 0 Å². The lowest BCUT2D eigenvalue weighted by atomic mass is 9.87. The number of nitrogens with zero attached hydrogens (tertiary/aromatic N) is 1. The average Bonchev–Trinajstić information content (AvgIpc) is 2.69. The Bertz CT molecular complexity index is 815. The van der Waals surface area contributed by atoms with Crippen LogP contribution in [0.5, 0.6) is 0 Å². The summed E-state index contributed by atoms with van der Waals surface area (Å²) in [6.07, 6.45) is 4.81. The third-order valence-corrected chi connectivity index (χ3v) is 4.97. The quantitative estimate of drug-likeness (QED) is 0.420. The molecular formula is C25H35N3O. The Morgan fingerprint density at radius 1 is 1.03 bits per heavy atom. The highest BCUT2D eigenvalue weighted by atomic mass is 16.1. The number of hydrogen-bond donors (Lipinski definition) is 2. The first-order valence-electron chi connectivity index (χ1n) is 10.5. The van der Waals surface area contributed by atoms with Gasteiger partial charge in [-0.3, -0.25) is 4.79 Å². The van der Waals surface area contributed by atoms with Crippen molar-refractivity contribution in [3.05, 3.63) is 65.9 Å². The number of carbonyl (C=O) groups excluding carboxylic acids is 1. The number of rotatable bonds is 8. The van der Waals surface area contributed by atoms with Crippen LogP contribution in [0.4, 0.5) is 17.1 Å². The number of nitrogens with two attached hydrogens (primary N) is 1. The fourth-order valence-electron chi connectivity index (χ4n) is 3.03. The van der Waals surface area contributed by atoms with E-state index in [-0.39, 0.29) is 11.3 Å². The van der Waals surface area contributed by atoms with Crippen molar-refractivity contribution in [2.75, 3.05) is 22.5 Å². The van der Waals surface area contributed by atoms with E-state index in [4.69, 9.17) is 5.73 Å². The topological polar surface area (TPSA) is 58.4 Å². The molecule has 0 unspecified atom stereocenters. The number of hydrogen-bond acceptors (Lipinski definition) is 3. The fraction of sp³-hybridized carbons (Fsp3) is 0.400. The molecule has 0 heterocycles. The van der Waals surface area contributed by atoms with E-state index in [0.717, 1.165) is 36.3 Å². The Balaban J connectivity index is 2.25. The molecule has 0 aliphatic rings. The molecule has 4 nitrogen and oxygen atoms in total. The number of anilines is 3. The molecule has 0 bridgehead atoms. The Morgan fingerprint density at radius 3 is 2.17 bits per heavy atom. The zero-order valence-electron chi connectivity index (χ0n) is 18.5. The van der Waals surface area contributed by atoms with Gasteiger partial charge in [-0.1, -0.05) is 53.2 Å². The molecule has 0 saturated carbocycles. The van der Waals surface area contributed by atoms with Crippen LogP contribution in [0.3, 0.4) is 0 Å². The van der Waals surface area contributed by atoms with E-state index >= 15 is 0 Å². The lowest BCUT2D eigenvalue weighted by Gasteiger charge is -2.24. The lowest BCUT2D eigenvalue weighted by Crippen LogP contribution is -2.22. The molecule has 0 aromatic heterocycles. The molecule has 2 rings (SSSR count). The smallest absolute Gasteiger partial charge is 0.253 e. The third-order valence-electron chi connectivity index (χ3n) is 4.97. The predicted octanol–water partition coefficient (Wildman–Crippen LogP) is 6.11. The van der Waals surface area contributed by atoms with Gasteiger partial charge in [0.2, 0.25) is 0 Å². The van der Waals surface area contributed by atoms with Crippen molar-refractivity contribution in [2.45, 2.75) is 59.3 Å². The van der Waals surface area contributed by atoms with Gasteiger partial charge in [-0.25, -0.2) is 0 Å². The number of nitrogens with one attached hydrogen (secondary N) is 1. The maximum Gasteiger partial charge on any atom is 0.253 e. The van der Waals surface area contributed by atoms with E-state index in [1.807, 2.05) is 25.3 Å². The third kappa shape index (κ3) is 6.67. The average molecular weight is 394 g/mol. The van der Waals surface area contributed by atoms with Crippen LogP contribution in [0.25, 0.3) is 0 Å². The van der Waals surface area contributed by atoms with Gasteiger partial charge < -0.3 is 16.0 Å². The minimum atomic E-state index is -0.0786. The van der Waals surface area contributed by atoms with Gasteiger partial charge in [0.25, 0.3) is 5.91 Å². The molecule has 0 spiro atoms. The van der Waals surface area contributed by atoms with Crippen LogP contribution in [-0.2, 0) is 10.2 Å². The van der Waals surface area contributed by atoms with Gasteiger partial charge in [-0.2, -0.15) is 0 Å². The predicted molar refractivity (Wildman–Crippen MR) is 125 cm³/mol. The Kier molecular flexibility index (Phi) is 7.89. The Hall–Kier alpha value is -2.75. The second-order valence-electron chi connectivity index (χ2n) is 8.43. The summed E-state index contributed by atoms with van der Waals surface area (Å²) in [4.78, 5) is 15.0. The summed E-state index contributed by atoms with van der Waals surface area (Å²) in [5.41, 5.74) is 10.4. The van der Waals surface area contributed by atoms with Gasteiger partial charge in [0, 0.05) is 35.4 Å². The van der Waals surface area contributed by atoms with Gasteiger partial charge in [-0.05, 0) is 60.2 Å². The van der Waals surface area contributed by atoms with Crippen molar-refractivity contribution in [1.82, 2.24) is 0 Å². The molecule has 4 heteroatoms. The summed E-state index contributed by atoms with van der Waals surface area (Å²) in [5, 5.41) is 2.97. The number of carbonyl (C=O) groups is 1. The molecule has 29 heavy (non-hydrogen) atoms. The van der Waals surface area contributed by atoms with E-state index in [9.17, 15) is 4.79 Å². The highest BCUT2D eigenvalue weighted by Crippen LogP contribution is 2.26. The fourth-order valence-corrected chi connectivity index (χ4v) is 3.03. The molecule has 3 N–H and O–H groups in total. The van der Waals surface area contributed by atoms with Crippen molar-refractivity contribution in [2.24, 2.45) is 0 Å². The lowest BCUT2D eigenvalue weighted by molar-refractivity contribution is -0.113. The summed E-state index contributed by atoms with van der Waals surface area (Å²) < 4.78 is 0. The molecular weight excluding hydrogens is 358 g/mol. The van der Waals surface area contributed by atoms with Gasteiger partial charge in [0.1, 0.15) is 0 Å². The first kappa shape index (κ1) is 22.5. The highest BCUT2D eigenvalue weighted by molar-refractivity contribution is 6.04. The summed E-state index contributed by atoms with van der Waals surface area (Å²) >= 11 is 0. The van der Waals surface area contributed by atoms with E-state index in [0.29, 0.717) is 12.1 Å².